The summed E-state index contributed by atoms with van der Waals surface area (Å²) in [5.41, 5.74) is 3.04. The van der Waals surface area contributed by atoms with Crippen molar-refractivity contribution in [2.75, 3.05) is 13.1 Å². The lowest BCUT2D eigenvalue weighted by molar-refractivity contribution is 0.0577. The zero-order chi connectivity index (χ0) is 23.9. The van der Waals surface area contributed by atoms with Crippen LogP contribution >= 0.6 is 34.8 Å². The third-order valence-electron chi connectivity index (χ3n) is 6.36. The van der Waals surface area contributed by atoms with Crippen LogP contribution in [-0.4, -0.2) is 36.0 Å². The summed E-state index contributed by atoms with van der Waals surface area (Å²) < 4.78 is 0. The first-order valence-corrected chi connectivity index (χ1v) is 12.9. The van der Waals surface area contributed by atoms with Crippen LogP contribution in [0, 0.1) is 0 Å². The summed E-state index contributed by atoms with van der Waals surface area (Å²) in [6.07, 6.45) is 4.69. The summed E-state index contributed by atoms with van der Waals surface area (Å²) in [5, 5.41) is 5.47. The van der Waals surface area contributed by atoms with Crippen LogP contribution in [0.5, 0.6) is 0 Å². The van der Waals surface area contributed by atoms with Crippen LogP contribution in [-0.2, 0) is 12.8 Å². The number of hydrogen-bond donors (Lipinski definition) is 1. The average molecular weight is 516 g/mol. The van der Waals surface area contributed by atoms with Gasteiger partial charge in [-0.2, -0.15) is 0 Å². The Hall–Kier alpha value is -2.04. The molecule has 1 aliphatic heterocycles. The molecule has 3 nitrogen and oxygen atoms in total. The summed E-state index contributed by atoms with van der Waals surface area (Å²) in [6.45, 7) is 1.64. The van der Waals surface area contributed by atoms with Crippen LogP contribution in [0.15, 0.2) is 72.8 Å². The third-order valence-corrected chi connectivity index (χ3v) is 7.04. The molecule has 1 saturated heterocycles. The lowest BCUT2D eigenvalue weighted by atomic mass is 9.91. The minimum Gasteiger partial charge on any atom is -0.335 e. The standard InChI is InChI=1S/C28H29Cl3N2O/c29-23-10-4-8-20(14-23)9-5-12-32-26-11-13-33(27(19-26)15-21-6-2-1-3-7-21)28(34)22-16-24(30)18-25(31)17-22/h1-4,6-8,10,14,16-18,26-27,32H,5,9,11-13,15,19H2/t26-,27-/m0/s1. The zero-order valence-corrected chi connectivity index (χ0v) is 21.3. The molecule has 3 aromatic carbocycles. The fourth-order valence-corrected chi connectivity index (χ4v) is 5.46. The molecule has 0 bridgehead atoms. The van der Waals surface area contributed by atoms with Crippen molar-refractivity contribution in [3.63, 3.8) is 0 Å². The third kappa shape index (κ3) is 6.99. The van der Waals surface area contributed by atoms with E-state index in [0.29, 0.717) is 28.2 Å². The molecule has 0 radical (unpaired) electrons. The summed E-state index contributed by atoms with van der Waals surface area (Å²) in [5.74, 6) is -0.00950. The first-order valence-electron chi connectivity index (χ1n) is 11.8. The molecule has 1 amide bonds. The molecule has 1 aliphatic rings. The SMILES string of the molecule is O=C(c1cc(Cl)cc(Cl)c1)N1CC[C@H](NCCCc2cccc(Cl)c2)C[C@@H]1Cc1ccccc1. The Morgan fingerprint density at radius 2 is 1.62 bits per heavy atom. The second kappa shape index (κ2) is 12.1. The molecule has 178 valence electrons. The molecule has 1 N–H and O–H groups in total. The molecule has 0 saturated carbocycles. The van der Waals surface area contributed by atoms with Gasteiger partial charge in [-0.25, -0.2) is 0 Å². The molecule has 2 atom stereocenters. The van der Waals surface area contributed by atoms with E-state index in [9.17, 15) is 4.79 Å². The highest BCUT2D eigenvalue weighted by Crippen LogP contribution is 2.26. The maximum atomic E-state index is 13.4. The van der Waals surface area contributed by atoms with Gasteiger partial charge in [0, 0.05) is 39.3 Å². The van der Waals surface area contributed by atoms with Crippen LogP contribution in [0.3, 0.4) is 0 Å². The number of carbonyl (C=O) groups excluding carboxylic acids is 1. The molecule has 34 heavy (non-hydrogen) atoms. The molecule has 0 unspecified atom stereocenters. The Balaban J connectivity index is 1.40. The van der Waals surface area contributed by atoms with Crippen molar-refractivity contribution in [1.29, 1.82) is 0 Å². The normalized spacial score (nSPS) is 18.1. The maximum absolute atomic E-state index is 13.4. The highest BCUT2D eigenvalue weighted by Gasteiger charge is 2.32. The van der Waals surface area contributed by atoms with Gasteiger partial charge in [0.15, 0.2) is 0 Å². The molecule has 0 spiro atoms. The van der Waals surface area contributed by atoms with E-state index in [2.05, 4.69) is 23.5 Å². The first kappa shape index (κ1) is 25.1. The zero-order valence-electron chi connectivity index (χ0n) is 19.0. The second-order valence-corrected chi connectivity index (χ2v) is 10.2. The fraction of sp³-hybridized carbons (Fsp3) is 0.321. The van der Waals surface area contributed by atoms with Gasteiger partial charge in [0.1, 0.15) is 0 Å². The van der Waals surface area contributed by atoms with Crippen molar-refractivity contribution < 1.29 is 4.79 Å². The molecule has 0 aliphatic carbocycles. The number of carbonyl (C=O) groups is 1. The van der Waals surface area contributed by atoms with Gasteiger partial charge in [0.25, 0.3) is 5.91 Å². The number of nitrogens with one attached hydrogen (secondary N) is 1. The van der Waals surface area contributed by atoms with Crippen molar-refractivity contribution in [3.05, 3.63) is 105 Å². The van der Waals surface area contributed by atoms with Crippen molar-refractivity contribution in [1.82, 2.24) is 10.2 Å². The number of halogens is 3. The molecule has 3 aromatic rings. The number of benzene rings is 3. The van der Waals surface area contributed by atoms with Crippen molar-refractivity contribution in [2.45, 2.75) is 44.2 Å². The van der Waals surface area contributed by atoms with E-state index >= 15 is 0 Å². The van der Waals surface area contributed by atoms with E-state index < -0.39 is 0 Å². The monoisotopic (exact) mass is 514 g/mol. The van der Waals surface area contributed by atoms with E-state index in [0.717, 1.165) is 43.7 Å². The van der Waals surface area contributed by atoms with Crippen molar-refractivity contribution in [3.8, 4) is 0 Å². The Morgan fingerprint density at radius 1 is 0.882 bits per heavy atom. The number of aryl methyl sites for hydroxylation is 1. The van der Waals surface area contributed by atoms with Crippen molar-refractivity contribution >= 4 is 40.7 Å². The minimum atomic E-state index is -0.00950. The van der Waals surface area contributed by atoms with Crippen molar-refractivity contribution in [2.24, 2.45) is 0 Å². The lowest BCUT2D eigenvalue weighted by Crippen LogP contribution is -2.52. The van der Waals surface area contributed by atoms with Crippen LogP contribution in [0.25, 0.3) is 0 Å². The van der Waals surface area contributed by atoms with Gasteiger partial charge in [0.05, 0.1) is 0 Å². The van der Waals surface area contributed by atoms with E-state index in [4.69, 9.17) is 34.8 Å². The van der Waals surface area contributed by atoms with Gasteiger partial charge in [-0.1, -0.05) is 77.3 Å². The fourth-order valence-electron chi connectivity index (χ4n) is 4.72. The maximum Gasteiger partial charge on any atom is 0.254 e. The van der Waals surface area contributed by atoms with Gasteiger partial charge in [-0.15, -0.1) is 0 Å². The van der Waals surface area contributed by atoms with Crippen LogP contribution in [0.4, 0.5) is 0 Å². The molecule has 0 aromatic heterocycles. The van der Waals surface area contributed by atoms with E-state index in [-0.39, 0.29) is 11.9 Å². The Morgan fingerprint density at radius 3 is 2.35 bits per heavy atom. The predicted molar refractivity (Wildman–Crippen MR) is 142 cm³/mol. The highest BCUT2D eigenvalue weighted by atomic mass is 35.5. The second-order valence-electron chi connectivity index (χ2n) is 8.91. The van der Waals surface area contributed by atoms with Crippen LogP contribution < -0.4 is 5.32 Å². The van der Waals surface area contributed by atoms with Crippen LogP contribution in [0.2, 0.25) is 15.1 Å². The minimum absolute atomic E-state index is 0.00950. The van der Waals surface area contributed by atoms with E-state index in [1.165, 1.54) is 11.1 Å². The van der Waals surface area contributed by atoms with E-state index in [1.807, 2.05) is 41.3 Å². The molecule has 4 rings (SSSR count). The average Bonchev–Trinajstić information content (AvgIpc) is 2.82. The topological polar surface area (TPSA) is 32.3 Å². The largest absolute Gasteiger partial charge is 0.335 e. The summed E-state index contributed by atoms with van der Waals surface area (Å²) in [4.78, 5) is 15.4. The number of rotatable bonds is 8. The van der Waals surface area contributed by atoms with Gasteiger partial charge >= 0.3 is 0 Å². The Labute approximate surface area is 217 Å². The van der Waals surface area contributed by atoms with Gasteiger partial charge in [-0.3, -0.25) is 4.79 Å². The molecule has 6 heteroatoms. The van der Waals surface area contributed by atoms with E-state index in [1.54, 1.807) is 18.2 Å². The van der Waals surface area contributed by atoms with Gasteiger partial charge in [-0.05, 0) is 80.1 Å². The number of piperidine rings is 1. The highest BCUT2D eigenvalue weighted by molar-refractivity contribution is 6.35. The molecular weight excluding hydrogens is 487 g/mol. The molecule has 1 heterocycles. The number of likely N-dealkylation sites (tertiary alicyclic amines) is 1. The van der Waals surface area contributed by atoms with Gasteiger partial charge in [0.2, 0.25) is 0 Å². The van der Waals surface area contributed by atoms with Gasteiger partial charge < -0.3 is 10.2 Å². The number of nitrogens with zero attached hydrogens (tertiary/aromatic N) is 1. The molecular formula is C28H29Cl3N2O. The smallest absolute Gasteiger partial charge is 0.254 e. The summed E-state index contributed by atoms with van der Waals surface area (Å²) in [6, 6.07) is 24.0. The quantitative estimate of drug-likeness (QED) is 0.325. The molecule has 1 fully saturated rings. The summed E-state index contributed by atoms with van der Waals surface area (Å²) >= 11 is 18.4. The number of hydrogen-bond acceptors (Lipinski definition) is 2. The Bertz CT molecular complexity index is 1090. The lowest BCUT2D eigenvalue weighted by Gasteiger charge is -2.40. The first-order chi connectivity index (χ1) is 16.5. The Kier molecular flexibility index (Phi) is 8.91. The number of amides is 1. The predicted octanol–water partition coefficient (Wildman–Crippen LogP) is 7.09. The summed E-state index contributed by atoms with van der Waals surface area (Å²) in [7, 11) is 0. The van der Waals surface area contributed by atoms with Crippen LogP contribution in [0.1, 0.15) is 40.7 Å².